The first kappa shape index (κ1) is 17.3. The van der Waals surface area contributed by atoms with Crippen molar-refractivity contribution < 1.29 is 17.9 Å². The van der Waals surface area contributed by atoms with Crippen LogP contribution in [-0.2, 0) is 15.6 Å². The van der Waals surface area contributed by atoms with Crippen molar-refractivity contribution in [2.75, 3.05) is 31.8 Å². The van der Waals surface area contributed by atoms with Crippen molar-refractivity contribution in [1.82, 2.24) is 5.32 Å². The van der Waals surface area contributed by atoms with Crippen LogP contribution in [0.1, 0.15) is 12.0 Å². The number of nitrogens with one attached hydrogen (secondary N) is 2. The number of carbonyl (C=O) groups excluding carboxylic acids is 1. The van der Waals surface area contributed by atoms with Crippen LogP contribution < -0.4 is 21.1 Å². The Morgan fingerprint density at radius 2 is 2.10 bits per heavy atom. The van der Waals surface area contributed by atoms with Gasteiger partial charge in [0.2, 0.25) is 0 Å². The average Bonchev–Trinajstić information content (AvgIpc) is 2.40. The lowest BCUT2D eigenvalue weighted by atomic mass is 10.2. The maximum atomic E-state index is 11.4. The number of hydrogen-bond acceptors (Lipinski definition) is 5. The normalized spacial score (nSPS) is 11.0. The highest BCUT2D eigenvalue weighted by atomic mass is 32.2. The van der Waals surface area contributed by atoms with E-state index in [-0.39, 0.29) is 11.8 Å². The minimum absolute atomic E-state index is 0.0828. The highest BCUT2D eigenvalue weighted by Gasteiger charge is 2.11. The summed E-state index contributed by atoms with van der Waals surface area (Å²) < 4.78 is 28.2. The SMILES string of the molecule is CNC(=O)Nc1ccc(CS(C)(=O)=O)cc1OCCCN. The van der Waals surface area contributed by atoms with Gasteiger partial charge in [-0.05, 0) is 30.7 Å². The van der Waals surface area contributed by atoms with Gasteiger partial charge in [0.15, 0.2) is 9.84 Å². The van der Waals surface area contributed by atoms with Crippen LogP contribution in [0.25, 0.3) is 0 Å². The molecule has 8 heteroatoms. The van der Waals surface area contributed by atoms with E-state index in [4.69, 9.17) is 10.5 Å². The van der Waals surface area contributed by atoms with Crippen molar-refractivity contribution >= 4 is 21.6 Å². The van der Waals surface area contributed by atoms with Crippen molar-refractivity contribution in [3.8, 4) is 5.75 Å². The number of anilines is 1. The van der Waals surface area contributed by atoms with E-state index in [1.165, 1.54) is 13.3 Å². The van der Waals surface area contributed by atoms with Crippen LogP contribution in [-0.4, -0.2) is 40.9 Å². The number of benzene rings is 1. The second-order valence-corrected chi connectivity index (χ2v) is 6.74. The predicted octanol–water partition coefficient (Wildman–Crippen LogP) is 0.710. The van der Waals surface area contributed by atoms with E-state index in [9.17, 15) is 13.2 Å². The third-order valence-electron chi connectivity index (χ3n) is 2.56. The van der Waals surface area contributed by atoms with Gasteiger partial charge in [0.05, 0.1) is 18.0 Å². The fourth-order valence-corrected chi connectivity index (χ4v) is 2.42. The fourth-order valence-electron chi connectivity index (χ4n) is 1.63. The van der Waals surface area contributed by atoms with Crippen LogP contribution in [0.15, 0.2) is 18.2 Å². The molecule has 4 N–H and O–H groups in total. The summed E-state index contributed by atoms with van der Waals surface area (Å²) in [5, 5.41) is 5.06. The van der Waals surface area contributed by atoms with Crippen LogP contribution in [0.3, 0.4) is 0 Å². The lowest BCUT2D eigenvalue weighted by Crippen LogP contribution is -2.24. The van der Waals surface area contributed by atoms with E-state index in [0.29, 0.717) is 36.6 Å². The standard InChI is InChI=1S/C13H21N3O4S/c1-15-13(17)16-11-5-4-10(9-21(2,18)19)8-12(11)20-7-3-6-14/h4-5,8H,3,6-7,9,14H2,1-2H3,(H2,15,16,17). The summed E-state index contributed by atoms with van der Waals surface area (Å²) in [7, 11) is -1.63. The Kier molecular flexibility index (Phi) is 6.44. The first-order valence-corrected chi connectivity index (χ1v) is 8.54. The zero-order valence-electron chi connectivity index (χ0n) is 12.2. The number of carbonyl (C=O) groups is 1. The number of urea groups is 1. The molecule has 0 radical (unpaired) electrons. The summed E-state index contributed by atoms with van der Waals surface area (Å²) in [4.78, 5) is 11.4. The number of amides is 2. The maximum absolute atomic E-state index is 11.4. The van der Waals surface area contributed by atoms with Crippen LogP contribution in [0.4, 0.5) is 10.5 Å². The molecule has 0 saturated carbocycles. The van der Waals surface area contributed by atoms with Gasteiger partial charge in [-0.15, -0.1) is 0 Å². The van der Waals surface area contributed by atoms with Crippen molar-refractivity contribution in [1.29, 1.82) is 0 Å². The molecule has 1 aromatic carbocycles. The Balaban J connectivity index is 2.98. The summed E-state index contributed by atoms with van der Waals surface area (Å²) in [6.45, 7) is 0.877. The summed E-state index contributed by atoms with van der Waals surface area (Å²) in [5.41, 5.74) is 6.48. The first-order chi connectivity index (χ1) is 9.85. The van der Waals surface area contributed by atoms with Gasteiger partial charge in [-0.1, -0.05) is 6.07 Å². The summed E-state index contributed by atoms with van der Waals surface area (Å²) >= 11 is 0. The zero-order valence-corrected chi connectivity index (χ0v) is 13.0. The number of hydrogen-bond donors (Lipinski definition) is 3. The van der Waals surface area contributed by atoms with Gasteiger partial charge < -0.3 is 21.1 Å². The largest absolute Gasteiger partial charge is 0.491 e. The lowest BCUT2D eigenvalue weighted by molar-refractivity contribution is 0.253. The van der Waals surface area contributed by atoms with E-state index >= 15 is 0 Å². The molecule has 0 unspecified atom stereocenters. The molecule has 0 aliphatic carbocycles. The van der Waals surface area contributed by atoms with Crippen LogP contribution in [0, 0.1) is 0 Å². The molecule has 2 amide bonds. The predicted molar refractivity (Wildman–Crippen MR) is 82.2 cm³/mol. The summed E-state index contributed by atoms with van der Waals surface area (Å²) in [6, 6.07) is 4.49. The molecule has 0 atom stereocenters. The van der Waals surface area contributed by atoms with Crippen LogP contribution in [0.2, 0.25) is 0 Å². The van der Waals surface area contributed by atoms with Crippen molar-refractivity contribution in [3.63, 3.8) is 0 Å². The van der Waals surface area contributed by atoms with Crippen LogP contribution in [0.5, 0.6) is 5.75 Å². The van der Waals surface area contributed by atoms with Crippen LogP contribution >= 0.6 is 0 Å². The molecule has 7 nitrogen and oxygen atoms in total. The van der Waals surface area contributed by atoms with E-state index in [1.54, 1.807) is 18.2 Å². The third kappa shape index (κ3) is 6.46. The van der Waals surface area contributed by atoms with Gasteiger partial charge in [-0.25, -0.2) is 13.2 Å². The van der Waals surface area contributed by atoms with Crippen molar-refractivity contribution in [2.24, 2.45) is 5.73 Å². The quantitative estimate of drug-likeness (QED) is 0.642. The first-order valence-electron chi connectivity index (χ1n) is 6.48. The van der Waals surface area contributed by atoms with Crippen molar-refractivity contribution in [3.05, 3.63) is 23.8 Å². The topological polar surface area (TPSA) is 111 Å². The molecule has 1 rings (SSSR count). The number of rotatable bonds is 7. The van der Waals surface area contributed by atoms with E-state index in [1.807, 2.05) is 0 Å². The van der Waals surface area contributed by atoms with E-state index in [0.717, 1.165) is 0 Å². The molecule has 0 spiro atoms. The molecule has 0 aromatic heterocycles. The van der Waals surface area contributed by atoms with E-state index in [2.05, 4.69) is 10.6 Å². The van der Waals surface area contributed by atoms with Gasteiger partial charge in [0.1, 0.15) is 5.75 Å². The minimum atomic E-state index is -3.13. The van der Waals surface area contributed by atoms with Gasteiger partial charge in [0, 0.05) is 13.3 Å². The van der Waals surface area contributed by atoms with Gasteiger partial charge in [0.25, 0.3) is 0 Å². The molecule has 118 valence electrons. The summed E-state index contributed by atoms with van der Waals surface area (Å²) in [5.74, 6) is 0.341. The van der Waals surface area contributed by atoms with Gasteiger partial charge in [-0.2, -0.15) is 0 Å². The molecule has 0 saturated heterocycles. The fraction of sp³-hybridized carbons (Fsp3) is 0.462. The molecule has 0 aliphatic heterocycles. The molecule has 21 heavy (non-hydrogen) atoms. The Hall–Kier alpha value is -1.80. The Bertz CT molecular complexity index is 587. The lowest BCUT2D eigenvalue weighted by Gasteiger charge is -2.13. The molecule has 0 aliphatic rings. The zero-order chi connectivity index (χ0) is 15.9. The van der Waals surface area contributed by atoms with Crippen molar-refractivity contribution in [2.45, 2.75) is 12.2 Å². The molecule has 0 fully saturated rings. The number of ether oxygens (including phenoxy) is 1. The summed E-state index contributed by atoms with van der Waals surface area (Å²) in [6.07, 6.45) is 1.83. The molecular weight excluding hydrogens is 294 g/mol. The highest BCUT2D eigenvalue weighted by molar-refractivity contribution is 7.89. The highest BCUT2D eigenvalue weighted by Crippen LogP contribution is 2.27. The monoisotopic (exact) mass is 315 g/mol. The molecule has 0 heterocycles. The molecular formula is C13H21N3O4S. The average molecular weight is 315 g/mol. The van der Waals surface area contributed by atoms with E-state index < -0.39 is 9.84 Å². The van der Waals surface area contributed by atoms with Gasteiger partial charge >= 0.3 is 6.03 Å². The third-order valence-corrected chi connectivity index (χ3v) is 3.41. The Morgan fingerprint density at radius 1 is 1.38 bits per heavy atom. The smallest absolute Gasteiger partial charge is 0.319 e. The molecule has 1 aromatic rings. The maximum Gasteiger partial charge on any atom is 0.319 e. The Morgan fingerprint density at radius 3 is 2.67 bits per heavy atom. The second-order valence-electron chi connectivity index (χ2n) is 4.60. The number of sulfone groups is 1. The minimum Gasteiger partial charge on any atom is -0.491 e. The Labute approximate surface area is 124 Å². The number of nitrogens with two attached hydrogens (primary N) is 1. The molecule has 0 bridgehead atoms. The second kappa shape index (κ2) is 7.84. The van der Waals surface area contributed by atoms with Gasteiger partial charge in [-0.3, -0.25) is 0 Å².